The van der Waals surface area contributed by atoms with Gasteiger partial charge in [-0.2, -0.15) is 0 Å². The largest absolute Gasteiger partial charge is 0.369 e. The van der Waals surface area contributed by atoms with Gasteiger partial charge in [0.1, 0.15) is 6.10 Å². The van der Waals surface area contributed by atoms with Crippen molar-refractivity contribution < 1.29 is 14.3 Å². The van der Waals surface area contributed by atoms with Crippen LogP contribution in [0.2, 0.25) is 0 Å². The standard InChI is InChI=1S/C13H17NO3/c1-4-17-10(3)13(16)14-12-7-5-11(6-8-12)9(2)15/h5-8,10H,4H2,1-3H3,(H,14,16)/t10-/m0/s1. The van der Waals surface area contributed by atoms with Gasteiger partial charge >= 0.3 is 0 Å². The second-order valence-corrected chi connectivity index (χ2v) is 3.72. The number of carbonyl (C=O) groups excluding carboxylic acids is 2. The van der Waals surface area contributed by atoms with E-state index in [-0.39, 0.29) is 11.7 Å². The van der Waals surface area contributed by atoms with E-state index in [1.807, 2.05) is 6.92 Å². The minimum absolute atomic E-state index is 0.00515. The smallest absolute Gasteiger partial charge is 0.253 e. The highest BCUT2D eigenvalue weighted by molar-refractivity contribution is 5.96. The Bertz CT molecular complexity index is 398. The van der Waals surface area contributed by atoms with E-state index in [0.29, 0.717) is 17.9 Å². The summed E-state index contributed by atoms with van der Waals surface area (Å²) in [6, 6.07) is 6.77. The number of ketones is 1. The molecular weight excluding hydrogens is 218 g/mol. The molecule has 1 amide bonds. The number of carbonyl (C=O) groups is 2. The van der Waals surface area contributed by atoms with Gasteiger partial charge in [0.05, 0.1) is 0 Å². The summed E-state index contributed by atoms with van der Waals surface area (Å²) < 4.78 is 5.17. The molecule has 17 heavy (non-hydrogen) atoms. The van der Waals surface area contributed by atoms with Gasteiger partial charge in [-0.05, 0) is 45.0 Å². The van der Waals surface area contributed by atoms with Crippen LogP contribution in [0.4, 0.5) is 5.69 Å². The molecule has 1 rings (SSSR count). The van der Waals surface area contributed by atoms with Crippen LogP contribution in [0.25, 0.3) is 0 Å². The Hall–Kier alpha value is -1.68. The molecule has 1 atom stereocenters. The fourth-order valence-electron chi connectivity index (χ4n) is 1.36. The summed E-state index contributed by atoms with van der Waals surface area (Å²) in [7, 11) is 0. The van der Waals surface area contributed by atoms with Crippen LogP contribution in [0.1, 0.15) is 31.1 Å². The maximum absolute atomic E-state index is 11.6. The lowest BCUT2D eigenvalue weighted by Gasteiger charge is -2.12. The number of amides is 1. The fraction of sp³-hybridized carbons (Fsp3) is 0.385. The second kappa shape index (κ2) is 6.15. The quantitative estimate of drug-likeness (QED) is 0.796. The van der Waals surface area contributed by atoms with E-state index in [1.54, 1.807) is 31.2 Å². The fourth-order valence-corrected chi connectivity index (χ4v) is 1.36. The Labute approximate surface area is 101 Å². The number of ether oxygens (including phenoxy) is 1. The summed E-state index contributed by atoms with van der Waals surface area (Å²) in [5.74, 6) is -0.187. The monoisotopic (exact) mass is 235 g/mol. The van der Waals surface area contributed by atoms with Gasteiger partial charge in [0.15, 0.2) is 5.78 Å². The summed E-state index contributed by atoms with van der Waals surface area (Å²) in [4.78, 5) is 22.7. The lowest BCUT2D eigenvalue weighted by molar-refractivity contribution is -0.126. The first-order valence-electron chi connectivity index (χ1n) is 5.58. The molecule has 0 radical (unpaired) electrons. The molecule has 0 aliphatic rings. The van der Waals surface area contributed by atoms with Gasteiger partial charge in [-0.25, -0.2) is 0 Å². The minimum Gasteiger partial charge on any atom is -0.369 e. The topological polar surface area (TPSA) is 55.4 Å². The molecule has 0 spiro atoms. The SMILES string of the molecule is CCO[C@@H](C)C(=O)Nc1ccc(C(C)=O)cc1. The molecule has 0 aromatic heterocycles. The third-order valence-corrected chi connectivity index (χ3v) is 2.34. The number of hydrogen-bond donors (Lipinski definition) is 1. The molecule has 4 nitrogen and oxygen atoms in total. The van der Waals surface area contributed by atoms with E-state index < -0.39 is 6.10 Å². The number of Topliss-reactive ketones (excluding diaryl/α,β-unsaturated/α-hetero) is 1. The van der Waals surface area contributed by atoms with Crippen molar-refractivity contribution in [2.24, 2.45) is 0 Å². The molecular formula is C13H17NO3. The van der Waals surface area contributed by atoms with Crippen molar-refractivity contribution in [1.82, 2.24) is 0 Å². The molecule has 0 fully saturated rings. The molecule has 0 saturated carbocycles. The zero-order valence-electron chi connectivity index (χ0n) is 10.3. The minimum atomic E-state index is -0.479. The number of hydrogen-bond acceptors (Lipinski definition) is 3. The Morgan fingerprint density at radius 2 is 1.88 bits per heavy atom. The highest BCUT2D eigenvalue weighted by atomic mass is 16.5. The lowest BCUT2D eigenvalue weighted by Crippen LogP contribution is -2.27. The maximum atomic E-state index is 11.6. The highest BCUT2D eigenvalue weighted by Gasteiger charge is 2.12. The molecule has 1 aromatic carbocycles. The summed E-state index contributed by atoms with van der Waals surface area (Å²) in [5, 5.41) is 2.72. The van der Waals surface area contributed by atoms with Crippen molar-refractivity contribution in [2.75, 3.05) is 11.9 Å². The Morgan fingerprint density at radius 3 is 2.35 bits per heavy atom. The van der Waals surface area contributed by atoms with E-state index in [2.05, 4.69) is 5.32 Å². The van der Waals surface area contributed by atoms with Crippen molar-refractivity contribution in [3.63, 3.8) is 0 Å². The third kappa shape index (κ3) is 4.00. The predicted octanol–water partition coefficient (Wildman–Crippen LogP) is 2.25. The van der Waals surface area contributed by atoms with Crippen molar-refractivity contribution >= 4 is 17.4 Å². The first-order valence-corrected chi connectivity index (χ1v) is 5.58. The average molecular weight is 235 g/mol. The Morgan fingerprint density at radius 1 is 1.29 bits per heavy atom. The van der Waals surface area contributed by atoms with Crippen LogP contribution in [0, 0.1) is 0 Å². The lowest BCUT2D eigenvalue weighted by atomic mass is 10.1. The molecule has 0 heterocycles. The number of anilines is 1. The number of benzene rings is 1. The van der Waals surface area contributed by atoms with E-state index >= 15 is 0 Å². The molecule has 0 aliphatic carbocycles. The molecule has 0 aliphatic heterocycles. The molecule has 92 valence electrons. The summed E-state index contributed by atoms with van der Waals surface area (Å²) in [5.41, 5.74) is 1.28. The van der Waals surface area contributed by atoms with Crippen LogP contribution in [0.3, 0.4) is 0 Å². The van der Waals surface area contributed by atoms with Crippen molar-refractivity contribution in [3.05, 3.63) is 29.8 Å². The van der Waals surface area contributed by atoms with Gasteiger partial charge < -0.3 is 10.1 Å². The normalized spacial score (nSPS) is 11.9. The number of nitrogens with one attached hydrogen (secondary N) is 1. The van der Waals surface area contributed by atoms with Gasteiger partial charge in [-0.3, -0.25) is 9.59 Å². The molecule has 0 unspecified atom stereocenters. The zero-order valence-corrected chi connectivity index (χ0v) is 10.3. The van der Waals surface area contributed by atoms with Crippen LogP contribution in [0.5, 0.6) is 0 Å². The average Bonchev–Trinajstić information content (AvgIpc) is 2.30. The van der Waals surface area contributed by atoms with Crippen molar-refractivity contribution in [1.29, 1.82) is 0 Å². The summed E-state index contributed by atoms with van der Waals surface area (Å²) in [6.45, 7) is 5.54. The maximum Gasteiger partial charge on any atom is 0.253 e. The first kappa shape index (κ1) is 13.4. The first-order chi connectivity index (χ1) is 8.04. The second-order valence-electron chi connectivity index (χ2n) is 3.72. The van der Waals surface area contributed by atoms with E-state index in [4.69, 9.17) is 4.74 Å². The molecule has 0 saturated heterocycles. The molecule has 1 N–H and O–H groups in total. The van der Waals surface area contributed by atoms with Gasteiger partial charge in [0.25, 0.3) is 5.91 Å². The van der Waals surface area contributed by atoms with E-state index in [9.17, 15) is 9.59 Å². The Balaban J connectivity index is 2.63. The van der Waals surface area contributed by atoms with Crippen LogP contribution in [0.15, 0.2) is 24.3 Å². The van der Waals surface area contributed by atoms with Gasteiger partial charge in [-0.15, -0.1) is 0 Å². The molecule has 0 bridgehead atoms. The molecule has 1 aromatic rings. The van der Waals surface area contributed by atoms with Crippen molar-refractivity contribution in [3.8, 4) is 0 Å². The Kier molecular flexibility index (Phi) is 4.84. The summed E-state index contributed by atoms with van der Waals surface area (Å²) >= 11 is 0. The van der Waals surface area contributed by atoms with Gasteiger partial charge in [0, 0.05) is 17.9 Å². The van der Waals surface area contributed by atoms with E-state index in [0.717, 1.165) is 0 Å². The van der Waals surface area contributed by atoms with Crippen molar-refractivity contribution in [2.45, 2.75) is 26.9 Å². The van der Waals surface area contributed by atoms with Crippen LogP contribution in [-0.4, -0.2) is 24.4 Å². The van der Waals surface area contributed by atoms with Crippen LogP contribution >= 0.6 is 0 Å². The van der Waals surface area contributed by atoms with Crippen LogP contribution in [-0.2, 0) is 9.53 Å². The third-order valence-electron chi connectivity index (χ3n) is 2.34. The summed E-state index contributed by atoms with van der Waals surface area (Å²) in [6.07, 6.45) is -0.479. The number of rotatable bonds is 5. The highest BCUT2D eigenvalue weighted by Crippen LogP contribution is 2.10. The molecule has 4 heteroatoms. The van der Waals surface area contributed by atoms with Gasteiger partial charge in [-0.1, -0.05) is 0 Å². The zero-order chi connectivity index (χ0) is 12.8. The van der Waals surface area contributed by atoms with Crippen LogP contribution < -0.4 is 5.32 Å². The van der Waals surface area contributed by atoms with Gasteiger partial charge in [0.2, 0.25) is 0 Å². The van der Waals surface area contributed by atoms with E-state index in [1.165, 1.54) is 6.92 Å². The predicted molar refractivity (Wildman–Crippen MR) is 66.2 cm³/mol.